The van der Waals surface area contributed by atoms with Crippen LogP contribution in [0.25, 0.3) is 10.6 Å². The van der Waals surface area contributed by atoms with E-state index in [1.165, 1.54) is 11.3 Å². The van der Waals surface area contributed by atoms with Crippen LogP contribution in [-0.2, 0) is 11.3 Å². The lowest BCUT2D eigenvalue weighted by molar-refractivity contribution is 0.0682. The summed E-state index contributed by atoms with van der Waals surface area (Å²) in [5.74, 6) is -0.0371. The van der Waals surface area contributed by atoms with Crippen LogP contribution in [0.5, 0.6) is 0 Å². The van der Waals surface area contributed by atoms with Crippen molar-refractivity contribution in [3.05, 3.63) is 71.0 Å². The molecule has 0 bridgehead atoms. The number of carbonyl (C=O) groups excluding carboxylic acids is 1. The lowest BCUT2D eigenvalue weighted by atomic mass is 10.2. The molecular weight excluding hydrogens is 346 g/mol. The molecule has 0 aliphatic carbocycles. The highest BCUT2D eigenvalue weighted by molar-refractivity contribution is 7.17. The van der Waals surface area contributed by atoms with Crippen molar-refractivity contribution in [2.24, 2.45) is 0 Å². The van der Waals surface area contributed by atoms with Gasteiger partial charge in [-0.1, -0.05) is 36.4 Å². The second-order valence-corrected chi connectivity index (χ2v) is 6.84. The Morgan fingerprint density at radius 3 is 2.62 bits per heavy atom. The summed E-state index contributed by atoms with van der Waals surface area (Å²) >= 11 is 1.43. The van der Waals surface area contributed by atoms with Crippen LogP contribution in [0.3, 0.4) is 0 Å². The summed E-state index contributed by atoms with van der Waals surface area (Å²) in [7, 11) is 1.63. The predicted molar refractivity (Wildman–Crippen MR) is 103 cm³/mol. The number of pyridine rings is 1. The normalized spacial score (nSPS) is 10.7. The molecule has 0 fully saturated rings. The summed E-state index contributed by atoms with van der Waals surface area (Å²) in [6, 6.07) is 15.6. The van der Waals surface area contributed by atoms with Crippen LogP contribution in [0, 0.1) is 6.92 Å². The number of hydrogen-bond acceptors (Lipinski definition) is 5. The van der Waals surface area contributed by atoms with Crippen molar-refractivity contribution < 1.29 is 9.53 Å². The number of amides is 1. The Balaban J connectivity index is 1.85. The molecule has 2 aromatic heterocycles. The third kappa shape index (κ3) is 4.33. The van der Waals surface area contributed by atoms with Crippen LogP contribution in [-0.4, -0.2) is 41.0 Å². The molecule has 0 radical (unpaired) electrons. The largest absolute Gasteiger partial charge is 0.383 e. The highest BCUT2D eigenvalue weighted by Gasteiger charge is 2.22. The van der Waals surface area contributed by atoms with Gasteiger partial charge in [0.25, 0.3) is 5.91 Å². The third-order valence-electron chi connectivity index (χ3n) is 3.94. The molecule has 134 valence electrons. The van der Waals surface area contributed by atoms with Crippen LogP contribution in [0.2, 0.25) is 0 Å². The summed E-state index contributed by atoms with van der Waals surface area (Å²) in [4.78, 5) is 24.5. The first kappa shape index (κ1) is 18.2. The fraction of sp³-hybridized carbons (Fsp3) is 0.250. The molecule has 2 heterocycles. The number of hydrogen-bond donors (Lipinski definition) is 0. The highest BCUT2D eigenvalue weighted by atomic mass is 32.1. The Hall–Kier alpha value is -2.57. The Morgan fingerprint density at radius 2 is 1.92 bits per heavy atom. The van der Waals surface area contributed by atoms with Gasteiger partial charge in [-0.05, 0) is 19.1 Å². The molecule has 6 heteroatoms. The van der Waals surface area contributed by atoms with Crippen molar-refractivity contribution in [2.45, 2.75) is 13.5 Å². The molecule has 3 rings (SSSR count). The van der Waals surface area contributed by atoms with Gasteiger partial charge < -0.3 is 9.64 Å². The topological polar surface area (TPSA) is 55.3 Å². The van der Waals surface area contributed by atoms with E-state index in [0.717, 1.165) is 22.0 Å². The lowest BCUT2D eigenvalue weighted by Crippen LogP contribution is -2.33. The fourth-order valence-corrected chi connectivity index (χ4v) is 3.62. The van der Waals surface area contributed by atoms with E-state index in [2.05, 4.69) is 9.97 Å². The summed E-state index contributed by atoms with van der Waals surface area (Å²) < 4.78 is 5.17. The van der Waals surface area contributed by atoms with Crippen molar-refractivity contribution >= 4 is 17.2 Å². The zero-order valence-electron chi connectivity index (χ0n) is 14.9. The molecule has 26 heavy (non-hydrogen) atoms. The predicted octanol–water partition coefficient (Wildman–Crippen LogP) is 3.80. The number of aryl methyl sites for hydroxylation is 1. The standard InChI is InChI=1S/C20H21N3O2S/c1-15-18(26-19(22-15)16-8-4-3-5-9-16)20(24)23(12-13-25-2)14-17-10-6-7-11-21-17/h3-11H,12-14H2,1-2H3. The molecule has 0 spiro atoms. The summed E-state index contributed by atoms with van der Waals surface area (Å²) in [5, 5.41) is 0.857. The molecule has 5 nitrogen and oxygen atoms in total. The van der Waals surface area contributed by atoms with Crippen molar-refractivity contribution in [1.29, 1.82) is 0 Å². The monoisotopic (exact) mass is 367 g/mol. The Kier molecular flexibility index (Phi) is 6.09. The molecule has 0 aliphatic heterocycles. The molecule has 0 saturated carbocycles. The SMILES string of the molecule is COCCN(Cc1ccccn1)C(=O)c1sc(-c2ccccc2)nc1C. The molecule has 1 amide bonds. The molecule has 3 aromatic rings. The Morgan fingerprint density at radius 1 is 1.15 bits per heavy atom. The smallest absolute Gasteiger partial charge is 0.266 e. The maximum Gasteiger partial charge on any atom is 0.266 e. The number of ether oxygens (including phenoxy) is 1. The Labute approximate surface area is 157 Å². The van der Waals surface area contributed by atoms with Crippen LogP contribution >= 0.6 is 11.3 Å². The van der Waals surface area contributed by atoms with E-state index in [9.17, 15) is 4.79 Å². The van der Waals surface area contributed by atoms with Crippen LogP contribution in [0.15, 0.2) is 54.7 Å². The van der Waals surface area contributed by atoms with Gasteiger partial charge in [0.1, 0.15) is 9.88 Å². The van der Waals surface area contributed by atoms with E-state index in [0.29, 0.717) is 24.6 Å². The molecule has 1 aromatic carbocycles. The first-order valence-corrected chi connectivity index (χ1v) is 9.21. The second kappa shape index (κ2) is 8.69. The third-order valence-corrected chi connectivity index (χ3v) is 5.14. The van der Waals surface area contributed by atoms with Crippen LogP contribution < -0.4 is 0 Å². The summed E-state index contributed by atoms with van der Waals surface area (Å²) in [6.45, 7) is 3.30. The number of methoxy groups -OCH3 is 1. The van der Waals surface area contributed by atoms with Crippen LogP contribution in [0.1, 0.15) is 21.1 Å². The van der Waals surface area contributed by atoms with Crippen molar-refractivity contribution in [2.75, 3.05) is 20.3 Å². The van der Waals surface area contributed by atoms with Crippen molar-refractivity contribution in [3.63, 3.8) is 0 Å². The quantitative estimate of drug-likeness (QED) is 0.637. The van der Waals surface area contributed by atoms with Gasteiger partial charge in [0.2, 0.25) is 0 Å². The summed E-state index contributed by atoms with van der Waals surface area (Å²) in [5.41, 5.74) is 2.62. The maximum atomic E-state index is 13.1. The first-order chi connectivity index (χ1) is 12.7. The molecule has 0 aliphatic rings. The van der Waals surface area contributed by atoms with Crippen molar-refractivity contribution in [1.82, 2.24) is 14.9 Å². The minimum atomic E-state index is -0.0371. The van der Waals surface area contributed by atoms with Gasteiger partial charge in [0.05, 0.1) is 24.5 Å². The van der Waals surface area contributed by atoms with E-state index in [1.807, 2.05) is 55.5 Å². The van der Waals surface area contributed by atoms with Gasteiger partial charge in [-0.15, -0.1) is 11.3 Å². The number of thiazole rings is 1. The lowest BCUT2D eigenvalue weighted by Gasteiger charge is -2.21. The maximum absolute atomic E-state index is 13.1. The zero-order chi connectivity index (χ0) is 18.4. The van der Waals surface area contributed by atoms with Gasteiger partial charge in [-0.2, -0.15) is 0 Å². The number of aromatic nitrogens is 2. The molecular formula is C20H21N3O2S. The van der Waals surface area contributed by atoms with E-state index in [4.69, 9.17) is 4.74 Å². The summed E-state index contributed by atoms with van der Waals surface area (Å²) in [6.07, 6.45) is 1.74. The van der Waals surface area contributed by atoms with E-state index in [1.54, 1.807) is 18.2 Å². The van der Waals surface area contributed by atoms with Gasteiger partial charge in [0.15, 0.2) is 0 Å². The number of nitrogens with zero attached hydrogens (tertiary/aromatic N) is 3. The molecule has 0 atom stereocenters. The second-order valence-electron chi connectivity index (χ2n) is 5.84. The number of carbonyl (C=O) groups is 1. The first-order valence-electron chi connectivity index (χ1n) is 8.40. The van der Waals surface area contributed by atoms with E-state index in [-0.39, 0.29) is 5.91 Å². The van der Waals surface area contributed by atoms with Gasteiger partial charge in [-0.25, -0.2) is 4.98 Å². The average molecular weight is 367 g/mol. The average Bonchev–Trinajstić information content (AvgIpc) is 3.08. The van der Waals surface area contributed by atoms with Crippen molar-refractivity contribution in [3.8, 4) is 10.6 Å². The van der Waals surface area contributed by atoms with Crippen LogP contribution in [0.4, 0.5) is 0 Å². The molecule has 0 unspecified atom stereocenters. The number of rotatable bonds is 7. The fourth-order valence-electron chi connectivity index (χ4n) is 2.58. The minimum absolute atomic E-state index is 0.0371. The molecule has 0 N–H and O–H groups in total. The Bertz CT molecular complexity index is 850. The zero-order valence-corrected chi connectivity index (χ0v) is 15.7. The number of benzene rings is 1. The highest BCUT2D eigenvalue weighted by Crippen LogP contribution is 2.28. The van der Waals surface area contributed by atoms with Gasteiger partial charge in [0, 0.05) is 25.4 Å². The van der Waals surface area contributed by atoms with Gasteiger partial charge in [-0.3, -0.25) is 9.78 Å². The van der Waals surface area contributed by atoms with E-state index < -0.39 is 0 Å². The van der Waals surface area contributed by atoms with Gasteiger partial charge >= 0.3 is 0 Å². The van der Waals surface area contributed by atoms with E-state index >= 15 is 0 Å². The minimum Gasteiger partial charge on any atom is -0.383 e. The molecule has 0 saturated heterocycles.